The Hall–Kier alpha value is -1.92. The van der Waals surface area contributed by atoms with Gasteiger partial charge in [-0.3, -0.25) is 19.4 Å². The van der Waals surface area contributed by atoms with Gasteiger partial charge < -0.3 is 10.2 Å². The van der Waals surface area contributed by atoms with Crippen molar-refractivity contribution < 1.29 is 9.59 Å². The summed E-state index contributed by atoms with van der Waals surface area (Å²) < 4.78 is 0. The Balaban J connectivity index is 1.38. The first-order chi connectivity index (χ1) is 15.5. The summed E-state index contributed by atoms with van der Waals surface area (Å²) in [6, 6.07) is 8.53. The third-order valence-corrected chi connectivity index (χ3v) is 7.72. The minimum atomic E-state index is -0.346. The molecule has 2 fully saturated rings. The van der Waals surface area contributed by atoms with Crippen LogP contribution in [-0.2, 0) is 16.0 Å². The Morgan fingerprint density at radius 3 is 2.53 bits per heavy atom. The van der Waals surface area contributed by atoms with E-state index in [9.17, 15) is 9.59 Å². The van der Waals surface area contributed by atoms with E-state index < -0.39 is 0 Å². The molecule has 2 atom stereocenters. The Morgan fingerprint density at radius 2 is 1.75 bits per heavy atom. The van der Waals surface area contributed by atoms with Gasteiger partial charge in [-0.2, -0.15) is 0 Å². The van der Waals surface area contributed by atoms with Crippen molar-refractivity contribution in [3.8, 4) is 0 Å². The van der Waals surface area contributed by atoms with Gasteiger partial charge in [-0.05, 0) is 62.6 Å². The topological polar surface area (TPSA) is 55.9 Å². The highest BCUT2D eigenvalue weighted by atomic mass is 16.2. The highest BCUT2D eigenvalue weighted by Crippen LogP contribution is 2.32. The molecule has 6 nitrogen and oxygen atoms in total. The van der Waals surface area contributed by atoms with E-state index in [1.807, 2.05) is 17.0 Å². The second-order valence-corrected chi connectivity index (χ2v) is 10.1. The molecule has 3 aliphatic heterocycles. The van der Waals surface area contributed by atoms with Crippen molar-refractivity contribution in [1.29, 1.82) is 0 Å². The molecule has 4 rings (SSSR count). The SMILES string of the molecule is CC1CCN(C(=O)C2c3ccccc3CCN2CC(=O)NCCN2CCCCC2C)CC1. The van der Waals surface area contributed by atoms with Gasteiger partial charge in [0.05, 0.1) is 6.54 Å². The molecule has 2 amide bonds. The molecule has 3 aliphatic rings. The van der Waals surface area contributed by atoms with Crippen LogP contribution in [0.25, 0.3) is 0 Å². The zero-order chi connectivity index (χ0) is 22.5. The standard InChI is InChI=1S/C26H40N4O2/c1-20-10-15-29(16-11-20)26(32)25-23-9-4-3-8-22(23)12-17-30(25)19-24(31)27-13-18-28-14-6-5-7-21(28)2/h3-4,8-9,20-21,25H,5-7,10-19H2,1-2H3,(H,27,31). The summed E-state index contributed by atoms with van der Waals surface area (Å²) in [6.07, 6.45) is 6.83. The number of amides is 2. The zero-order valence-electron chi connectivity index (χ0n) is 19.9. The van der Waals surface area contributed by atoms with Crippen molar-refractivity contribution in [3.05, 3.63) is 35.4 Å². The van der Waals surface area contributed by atoms with Crippen LogP contribution in [0, 0.1) is 5.92 Å². The molecular formula is C26H40N4O2. The predicted octanol–water partition coefficient (Wildman–Crippen LogP) is 2.83. The number of hydrogen-bond acceptors (Lipinski definition) is 4. The molecule has 1 aromatic carbocycles. The summed E-state index contributed by atoms with van der Waals surface area (Å²) in [4.78, 5) is 33.1. The van der Waals surface area contributed by atoms with Gasteiger partial charge in [0.2, 0.25) is 11.8 Å². The number of likely N-dealkylation sites (tertiary alicyclic amines) is 2. The van der Waals surface area contributed by atoms with E-state index in [4.69, 9.17) is 0 Å². The average Bonchev–Trinajstić information content (AvgIpc) is 2.80. The quantitative estimate of drug-likeness (QED) is 0.739. The number of hydrogen-bond donors (Lipinski definition) is 1. The molecule has 0 radical (unpaired) electrons. The molecule has 1 aromatic rings. The molecule has 0 saturated carbocycles. The van der Waals surface area contributed by atoms with E-state index in [2.05, 4.69) is 41.1 Å². The van der Waals surface area contributed by atoms with E-state index in [-0.39, 0.29) is 24.4 Å². The van der Waals surface area contributed by atoms with Gasteiger partial charge >= 0.3 is 0 Å². The van der Waals surface area contributed by atoms with Crippen LogP contribution in [-0.4, -0.2) is 78.4 Å². The first-order valence-electron chi connectivity index (χ1n) is 12.6. The maximum absolute atomic E-state index is 13.6. The fourth-order valence-electron chi connectivity index (χ4n) is 5.55. The van der Waals surface area contributed by atoms with E-state index in [1.165, 1.54) is 24.8 Å². The largest absolute Gasteiger partial charge is 0.354 e. The van der Waals surface area contributed by atoms with Crippen LogP contribution in [0.5, 0.6) is 0 Å². The highest BCUT2D eigenvalue weighted by molar-refractivity contribution is 5.85. The number of carbonyl (C=O) groups is 2. The molecule has 2 saturated heterocycles. The van der Waals surface area contributed by atoms with Crippen molar-refractivity contribution in [2.24, 2.45) is 5.92 Å². The number of rotatable bonds is 6. The molecule has 0 spiro atoms. The number of nitrogens with one attached hydrogen (secondary N) is 1. The summed E-state index contributed by atoms with van der Waals surface area (Å²) in [6.45, 7) is 9.94. The van der Waals surface area contributed by atoms with Gasteiger partial charge in [-0.25, -0.2) is 0 Å². The fraction of sp³-hybridized carbons (Fsp3) is 0.692. The fourth-order valence-corrected chi connectivity index (χ4v) is 5.55. The number of piperidine rings is 2. The first-order valence-corrected chi connectivity index (χ1v) is 12.6. The Kier molecular flexibility index (Phi) is 7.84. The molecule has 0 bridgehead atoms. The molecule has 0 aliphatic carbocycles. The molecule has 2 unspecified atom stereocenters. The van der Waals surface area contributed by atoms with Crippen LogP contribution in [0.2, 0.25) is 0 Å². The van der Waals surface area contributed by atoms with Crippen LogP contribution < -0.4 is 5.32 Å². The van der Waals surface area contributed by atoms with E-state index in [0.717, 1.165) is 57.5 Å². The van der Waals surface area contributed by atoms with Gasteiger partial charge in [0.1, 0.15) is 6.04 Å². The van der Waals surface area contributed by atoms with Gasteiger partial charge in [-0.1, -0.05) is 37.6 Å². The lowest BCUT2D eigenvalue weighted by Gasteiger charge is -2.40. The van der Waals surface area contributed by atoms with E-state index in [1.54, 1.807) is 0 Å². The third kappa shape index (κ3) is 5.52. The number of nitrogens with zero attached hydrogens (tertiary/aromatic N) is 3. The normalized spacial score (nSPS) is 25.4. The van der Waals surface area contributed by atoms with Crippen LogP contribution in [0.4, 0.5) is 0 Å². The molecule has 3 heterocycles. The minimum absolute atomic E-state index is 0.0270. The van der Waals surface area contributed by atoms with E-state index >= 15 is 0 Å². The number of carbonyl (C=O) groups excluding carboxylic acids is 2. The highest BCUT2D eigenvalue weighted by Gasteiger charge is 2.37. The third-order valence-electron chi connectivity index (χ3n) is 7.72. The van der Waals surface area contributed by atoms with Crippen LogP contribution in [0.1, 0.15) is 63.1 Å². The monoisotopic (exact) mass is 440 g/mol. The van der Waals surface area contributed by atoms with Crippen molar-refractivity contribution >= 4 is 11.8 Å². The summed E-state index contributed by atoms with van der Waals surface area (Å²) in [5.41, 5.74) is 2.32. The second-order valence-electron chi connectivity index (χ2n) is 10.1. The number of fused-ring (bicyclic) bond motifs is 1. The Bertz CT molecular complexity index is 790. The molecule has 176 valence electrons. The smallest absolute Gasteiger partial charge is 0.244 e. The summed E-state index contributed by atoms with van der Waals surface area (Å²) in [5.74, 6) is 0.875. The summed E-state index contributed by atoms with van der Waals surface area (Å²) in [7, 11) is 0. The van der Waals surface area contributed by atoms with Crippen molar-refractivity contribution in [1.82, 2.24) is 20.0 Å². The molecule has 1 N–H and O–H groups in total. The lowest BCUT2D eigenvalue weighted by Crippen LogP contribution is -2.51. The molecule has 32 heavy (non-hydrogen) atoms. The molecule has 6 heteroatoms. The molecule has 0 aromatic heterocycles. The number of benzene rings is 1. The molecular weight excluding hydrogens is 400 g/mol. The van der Waals surface area contributed by atoms with Crippen molar-refractivity contribution in [3.63, 3.8) is 0 Å². The van der Waals surface area contributed by atoms with Crippen LogP contribution in [0.3, 0.4) is 0 Å². The van der Waals surface area contributed by atoms with Gasteiger partial charge in [0, 0.05) is 38.8 Å². The Labute approximate surface area is 193 Å². The van der Waals surface area contributed by atoms with Crippen LogP contribution >= 0.6 is 0 Å². The maximum Gasteiger partial charge on any atom is 0.244 e. The lowest BCUT2D eigenvalue weighted by molar-refractivity contribution is -0.140. The first kappa shape index (κ1) is 23.2. The lowest BCUT2D eigenvalue weighted by atomic mass is 9.90. The summed E-state index contributed by atoms with van der Waals surface area (Å²) in [5, 5.41) is 3.12. The van der Waals surface area contributed by atoms with Gasteiger partial charge in [0.15, 0.2) is 0 Å². The minimum Gasteiger partial charge on any atom is -0.354 e. The van der Waals surface area contributed by atoms with Gasteiger partial charge in [0.25, 0.3) is 0 Å². The second kappa shape index (κ2) is 10.8. The maximum atomic E-state index is 13.6. The van der Waals surface area contributed by atoms with Crippen LogP contribution in [0.15, 0.2) is 24.3 Å². The average molecular weight is 441 g/mol. The van der Waals surface area contributed by atoms with E-state index in [0.29, 0.717) is 18.5 Å². The van der Waals surface area contributed by atoms with Crippen molar-refractivity contribution in [2.75, 3.05) is 45.8 Å². The van der Waals surface area contributed by atoms with Gasteiger partial charge in [-0.15, -0.1) is 0 Å². The summed E-state index contributed by atoms with van der Waals surface area (Å²) >= 11 is 0. The Morgan fingerprint density at radius 1 is 0.969 bits per heavy atom. The predicted molar refractivity (Wildman–Crippen MR) is 127 cm³/mol. The zero-order valence-corrected chi connectivity index (χ0v) is 19.9. The van der Waals surface area contributed by atoms with Crippen molar-refractivity contribution in [2.45, 2.75) is 64.5 Å².